The molecule has 0 aliphatic carbocycles. The molecular formula is C18H32N8O7. The van der Waals surface area contributed by atoms with Gasteiger partial charge in [0.2, 0.25) is 23.6 Å². The van der Waals surface area contributed by atoms with Gasteiger partial charge in [-0.1, -0.05) is 0 Å². The van der Waals surface area contributed by atoms with Crippen LogP contribution >= 0.6 is 0 Å². The monoisotopic (exact) mass is 472 g/mol. The number of aliphatic hydroxyl groups is 1. The summed E-state index contributed by atoms with van der Waals surface area (Å²) in [6.07, 6.45) is 0.942. The summed E-state index contributed by atoms with van der Waals surface area (Å²) in [4.78, 5) is 65.4. The lowest BCUT2D eigenvalue weighted by atomic mass is 10.1. The highest BCUT2D eigenvalue weighted by Gasteiger charge is 2.38. The summed E-state index contributed by atoms with van der Waals surface area (Å²) in [7, 11) is 0. The first kappa shape index (κ1) is 27.6. The zero-order valence-electron chi connectivity index (χ0n) is 18.1. The molecule has 1 aliphatic rings. The number of amides is 4. The second kappa shape index (κ2) is 13.2. The molecule has 1 aliphatic heterocycles. The van der Waals surface area contributed by atoms with Crippen molar-refractivity contribution >= 4 is 35.6 Å². The minimum absolute atomic E-state index is 0.0746. The van der Waals surface area contributed by atoms with Crippen LogP contribution in [0.5, 0.6) is 0 Å². The van der Waals surface area contributed by atoms with E-state index in [2.05, 4.69) is 10.3 Å². The molecule has 15 nitrogen and oxygen atoms in total. The van der Waals surface area contributed by atoms with Crippen molar-refractivity contribution in [3.8, 4) is 0 Å². The number of carbonyl (C=O) groups is 5. The van der Waals surface area contributed by atoms with Gasteiger partial charge in [0.05, 0.1) is 19.1 Å². The first-order chi connectivity index (χ1) is 15.5. The molecule has 0 aromatic carbocycles. The lowest BCUT2D eigenvalue weighted by molar-refractivity contribution is -0.144. The van der Waals surface area contributed by atoms with Crippen LogP contribution in [0, 0.1) is 0 Å². The van der Waals surface area contributed by atoms with E-state index in [0.29, 0.717) is 25.8 Å². The van der Waals surface area contributed by atoms with E-state index in [1.165, 1.54) is 4.90 Å². The number of likely N-dealkylation sites (tertiary alicyclic amines) is 1. The Morgan fingerprint density at radius 1 is 1.09 bits per heavy atom. The number of nitrogens with zero attached hydrogens (tertiary/aromatic N) is 2. The molecule has 186 valence electrons. The topological polar surface area (TPSA) is 270 Å². The zero-order chi connectivity index (χ0) is 25.1. The van der Waals surface area contributed by atoms with Crippen molar-refractivity contribution < 1.29 is 34.2 Å². The van der Waals surface area contributed by atoms with E-state index >= 15 is 0 Å². The van der Waals surface area contributed by atoms with Crippen LogP contribution in [0.2, 0.25) is 0 Å². The van der Waals surface area contributed by atoms with Gasteiger partial charge in [-0.3, -0.25) is 24.2 Å². The van der Waals surface area contributed by atoms with Gasteiger partial charge in [0.15, 0.2) is 5.96 Å². The summed E-state index contributed by atoms with van der Waals surface area (Å²) in [5.74, 6) is -4.69. The van der Waals surface area contributed by atoms with Gasteiger partial charge < -0.3 is 48.7 Å². The number of aliphatic carboxylic acids is 1. The number of hydrogen-bond acceptors (Lipinski definition) is 8. The Balaban J connectivity index is 2.81. The number of nitrogens with two attached hydrogens (primary N) is 4. The van der Waals surface area contributed by atoms with E-state index in [4.69, 9.17) is 33.1 Å². The van der Waals surface area contributed by atoms with Crippen molar-refractivity contribution in [1.29, 1.82) is 0 Å². The molecule has 12 N–H and O–H groups in total. The number of carboxylic acid groups (broad SMARTS) is 1. The Morgan fingerprint density at radius 3 is 2.30 bits per heavy atom. The Kier molecular flexibility index (Phi) is 11.0. The molecule has 15 heteroatoms. The van der Waals surface area contributed by atoms with Gasteiger partial charge in [-0.05, 0) is 25.7 Å². The van der Waals surface area contributed by atoms with E-state index in [1.807, 2.05) is 5.32 Å². The smallest absolute Gasteiger partial charge is 0.328 e. The highest BCUT2D eigenvalue weighted by atomic mass is 16.4. The summed E-state index contributed by atoms with van der Waals surface area (Å²) >= 11 is 0. The average molecular weight is 473 g/mol. The van der Waals surface area contributed by atoms with E-state index in [0.717, 1.165) is 0 Å². The largest absolute Gasteiger partial charge is 0.480 e. The fourth-order valence-electron chi connectivity index (χ4n) is 3.30. The maximum absolute atomic E-state index is 12.8. The van der Waals surface area contributed by atoms with Crippen LogP contribution in [-0.4, -0.2) is 94.5 Å². The highest BCUT2D eigenvalue weighted by molar-refractivity contribution is 5.96. The number of rotatable bonds is 13. The summed E-state index contributed by atoms with van der Waals surface area (Å²) in [5.41, 5.74) is 21.6. The zero-order valence-corrected chi connectivity index (χ0v) is 18.1. The molecule has 0 saturated carbocycles. The molecule has 4 atom stereocenters. The number of nitrogens with one attached hydrogen (secondary N) is 2. The Labute approximate surface area is 189 Å². The molecule has 0 bridgehead atoms. The van der Waals surface area contributed by atoms with Crippen molar-refractivity contribution in [2.45, 2.75) is 56.3 Å². The van der Waals surface area contributed by atoms with Gasteiger partial charge in [0.1, 0.15) is 18.1 Å². The Bertz CT molecular complexity index is 771. The average Bonchev–Trinajstić information content (AvgIpc) is 3.22. The number of aliphatic hydroxyl groups excluding tert-OH is 1. The third-order valence-electron chi connectivity index (χ3n) is 4.96. The van der Waals surface area contributed by atoms with Crippen LogP contribution in [0.15, 0.2) is 4.99 Å². The van der Waals surface area contributed by atoms with Gasteiger partial charge in [-0.25, -0.2) is 4.79 Å². The molecule has 1 rings (SSSR count). The lowest BCUT2D eigenvalue weighted by Gasteiger charge is -2.28. The predicted octanol–water partition coefficient (Wildman–Crippen LogP) is -4.72. The van der Waals surface area contributed by atoms with Crippen LogP contribution in [0.4, 0.5) is 0 Å². The van der Waals surface area contributed by atoms with E-state index in [1.54, 1.807) is 0 Å². The number of primary amides is 1. The van der Waals surface area contributed by atoms with Gasteiger partial charge in [0.25, 0.3) is 0 Å². The molecular weight excluding hydrogens is 440 g/mol. The van der Waals surface area contributed by atoms with Crippen LogP contribution < -0.4 is 33.6 Å². The van der Waals surface area contributed by atoms with Crippen molar-refractivity contribution in [2.75, 3.05) is 19.7 Å². The van der Waals surface area contributed by atoms with Gasteiger partial charge in [-0.15, -0.1) is 0 Å². The minimum atomic E-state index is -1.63. The normalized spacial score (nSPS) is 18.0. The van der Waals surface area contributed by atoms with E-state index in [-0.39, 0.29) is 18.9 Å². The van der Waals surface area contributed by atoms with E-state index in [9.17, 15) is 24.0 Å². The molecule has 0 radical (unpaired) electrons. The number of guanidine groups is 1. The van der Waals surface area contributed by atoms with Crippen molar-refractivity contribution in [3.63, 3.8) is 0 Å². The van der Waals surface area contributed by atoms with Gasteiger partial charge in [-0.2, -0.15) is 0 Å². The molecule has 0 spiro atoms. The second-order valence-corrected chi connectivity index (χ2v) is 7.56. The first-order valence-corrected chi connectivity index (χ1v) is 10.3. The quantitative estimate of drug-likeness (QED) is 0.0720. The molecule has 33 heavy (non-hydrogen) atoms. The molecule has 0 aromatic rings. The fraction of sp³-hybridized carbons (Fsp3) is 0.667. The summed E-state index contributed by atoms with van der Waals surface area (Å²) in [5, 5.41) is 22.4. The van der Waals surface area contributed by atoms with Crippen LogP contribution in [-0.2, 0) is 24.0 Å². The summed E-state index contributed by atoms with van der Waals surface area (Å²) in [6, 6.07) is -4.95. The Morgan fingerprint density at radius 2 is 1.76 bits per heavy atom. The van der Waals surface area contributed by atoms with E-state index < -0.39 is 66.8 Å². The number of aliphatic imine (C=N–C) groups is 1. The number of carboxylic acids is 1. The van der Waals surface area contributed by atoms with Crippen molar-refractivity contribution in [1.82, 2.24) is 15.5 Å². The molecule has 1 heterocycles. The maximum Gasteiger partial charge on any atom is 0.328 e. The number of hydrogen-bond donors (Lipinski definition) is 8. The minimum Gasteiger partial charge on any atom is -0.480 e. The molecule has 1 fully saturated rings. The van der Waals surface area contributed by atoms with Gasteiger partial charge in [0, 0.05) is 13.1 Å². The summed E-state index contributed by atoms with van der Waals surface area (Å²) in [6.45, 7) is -0.330. The fourth-order valence-corrected chi connectivity index (χ4v) is 3.30. The second-order valence-electron chi connectivity index (χ2n) is 7.56. The summed E-state index contributed by atoms with van der Waals surface area (Å²) < 4.78 is 0. The molecule has 1 saturated heterocycles. The highest BCUT2D eigenvalue weighted by Crippen LogP contribution is 2.19. The standard InChI is InChI=1S/C18H32N8O7/c19-9(3-1-5-23-18(21)22)16(31)26-6-2-4-12(26)15(30)24-10(7-13(20)28)14(29)25-11(8-27)17(32)33/h9-12,27H,1-8,19H2,(H2,20,28)(H,24,30)(H,25,29)(H,32,33)(H4,21,22,23). The third-order valence-corrected chi connectivity index (χ3v) is 4.96. The maximum atomic E-state index is 12.8. The predicted molar refractivity (Wildman–Crippen MR) is 115 cm³/mol. The SMILES string of the molecule is NC(=O)CC(NC(=O)C1CCCN1C(=O)C(N)CCCN=C(N)N)C(=O)NC(CO)C(=O)O. The Hall–Kier alpha value is -3.46. The third kappa shape index (κ3) is 8.89. The molecule has 0 aromatic heterocycles. The van der Waals surface area contributed by atoms with Gasteiger partial charge >= 0.3 is 5.97 Å². The first-order valence-electron chi connectivity index (χ1n) is 10.3. The van der Waals surface area contributed by atoms with Crippen LogP contribution in [0.3, 0.4) is 0 Å². The van der Waals surface area contributed by atoms with Crippen molar-refractivity contribution in [3.05, 3.63) is 0 Å². The molecule has 4 unspecified atom stereocenters. The van der Waals surface area contributed by atoms with Crippen LogP contribution in [0.1, 0.15) is 32.1 Å². The number of carbonyl (C=O) groups excluding carboxylic acids is 4. The van der Waals surface area contributed by atoms with Crippen molar-refractivity contribution in [2.24, 2.45) is 27.9 Å². The van der Waals surface area contributed by atoms with Crippen LogP contribution in [0.25, 0.3) is 0 Å². The molecule has 4 amide bonds. The lowest BCUT2D eigenvalue weighted by Crippen LogP contribution is -2.57.